The molecular weight excluding hydrogens is 469 g/mol. The van der Waals surface area contributed by atoms with Crippen LogP contribution in [0.3, 0.4) is 0 Å². The van der Waals surface area contributed by atoms with Crippen LogP contribution in [0, 0.1) is 10.6 Å². The first-order chi connectivity index (χ1) is 16.5. The molecule has 0 unspecified atom stereocenters. The highest BCUT2D eigenvalue weighted by molar-refractivity contribution is 7.71. The van der Waals surface area contributed by atoms with E-state index in [2.05, 4.69) is 33.5 Å². The van der Waals surface area contributed by atoms with E-state index in [1.807, 2.05) is 36.2 Å². The predicted molar refractivity (Wildman–Crippen MR) is 136 cm³/mol. The summed E-state index contributed by atoms with van der Waals surface area (Å²) in [4.78, 5) is 15.5. The maximum atomic E-state index is 13.1. The van der Waals surface area contributed by atoms with Gasteiger partial charge in [0.1, 0.15) is 11.6 Å². The number of rotatable bonds is 10. The summed E-state index contributed by atoms with van der Waals surface area (Å²) >= 11 is 7.47. The number of carbonyl (C=O) groups excluding carboxylic acids is 1. The standard InChI is InChI=1S/C25H26FN5OS2/c1-29(17-24(32)27-21-11-9-20(26)10-12-21)18-31-25(33)30(14-13-19-6-3-2-4-7-19)23(28-31)16-22-8-5-15-34-22/h2-12,15H,13-14,16-18H2,1H3,(H,27,32). The molecule has 1 amide bonds. The number of hydrogen-bond donors (Lipinski definition) is 1. The smallest absolute Gasteiger partial charge is 0.238 e. The number of likely N-dealkylation sites (N-methyl/N-ethyl adjacent to an activating group) is 1. The first kappa shape index (κ1) is 24.0. The van der Waals surface area contributed by atoms with Crippen molar-refractivity contribution in [1.29, 1.82) is 0 Å². The predicted octanol–water partition coefficient (Wildman–Crippen LogP) is 4.98. The second kappa shape index (κ2) is 11.3. The van der Waals surface area contributed by atoms with Gasteiger partial charge in [0.25, 0.3) is 0 Å². The topological polar surface area (TPSA) is 55.1 Å². The van der Waals surface area contributed by atoms with E-state index in [0.717, 1.165) is 18.8 Å². The van der Waals surface area contributed by atoms with Crippen LogP contribution in [-0.4, -0.2) is 38.7 Å². The van der Waals surface area contributed by atoms with Crippen LogP contribution < -0.4 is 5.32 Å². The second-order valence-corrected chi connectivity index (χ2v) is 9.45. The Morgan fingerprint density at radius 3 is 2.59 bits per heavy atom. The zero-order valence-corrected chi connectivity index (χ0v) is 20.5. The molecule has 2 aromatic heterocycles. The number of halogens is 1. The maximum absolute atomic E-state index is 13.1. The van der Waals surface area contributed by atoms with Crippen molar-refractivity contribution in [3.8, 4) is 0 Å². The summed E-state index contributed by atoms with van der Waals surface area (Å²) in [6, 6.07) is 20.1. The zero-order chi connectivity index (χ0) is 23.9. The quantitative estimate of drug-likeness (QED) is 0.316. The Labute approximate surface area is 207 Å². The van der Waals surface area contributed by atoms with Gasteiger partial charge < -0.3 is 9.88 Å². The molecule has 0 aliphatic heterocycles. The Bertz CT molecular complexity index is 1270. The summed E-state index contributed by atoms with van der Waals surface area (Å²) in [6.07, 6.45) is 1.56. The largest absolute Gasteiger partial charge is 0.325 e. The second-order valence-electron chi connectivity index (χ2n) is 8.05. The molecule has 0 bridgehead atoms. The summed E-state index contributed by atoms with van der Waals surface area (Å²) in [5.74, 6) is 0.376. The van der Waals surface area contributed by atoms with Gasteiger partial charge in [-0.2, -0.15) is 5.10 Å². The van der Waals surface area contributed by atoms with Crippen molar-refractivity contribution in [2.45, 2.75) is 26.1 Å². The minimum atomic E-state index is -0.342. The fourth-order valence-corrected chi connectivity index (χ4v) is 4.64. The summed E-state index contributed by atoms with van der Waals surface area (Å²) in [5.41, 5.74) is 1.80. The van der Waals surface area contributed by atoms with Gasteiger partial charge in [0.15, 0.2) is 4.77 Å². The van der Waals surface area contributed by atoms with E-state index in [1.54, 1.807) is 16.0 Å². The van der Waals surface area contributed by atoms with Crippen molar-refractivity contribution < 1.29 is 9.18 Å². The molecule has 34 heavy (non-hydrogen) atoms. The lowest BCUT2D eigenvalue weighted by molar-refractivity contribution is -0.117. The van der Waals surface area contributed by atoms with Crippen molar-refractivity contribution in [1.82, 2.24) is 19.2 Å². The van der Waals surface area contributed by atoms with Crippen LogP contribution in [0.2, 0.25) is 0 Å². The minimum absolute atomic E-state index is 0.149. The number of carbonyl (C=O) groups is 1. The van der Waals surface area contributed by atoms with Gasteiger partial charge in [-0.05, 0) is 67.0 Å². The Balaban J connectivity index is 1.45. The molecular formula is C25H26FN5OS2. The summed E-state index contributed by atoms with van der Waals surface area (Å²) in [7, 11) is 1.84. The van der Waals surface area contributed by atoms with E-state index < -0.39 is 0 Å². The third-order valence-electron chi connectivity index (χ3n) is 5.30. The summed E-state index contributed by atoms with van der Waals surface area (Å²) in [5, 5.41) is 9.64. The molecule has 4 aromatic rings. The summed E-state index contributed by atoms with van der Waals surface area (Å²) < 4.78 is 17.6. The molecule has 0 aliphatic carbocycles. The average Bonchev–Trinajstić information content (AvgIpc) is 3.43. The third-order valence-corrected chi connectivity index (χ3v) is 6.60. The highest BCUT2D eigenvalue weighted by atomic mass is 32.1. The maximum Gasteiger partial charge on any atom is 0.238 e. The zero-order valence-electron chi connectivity index (χ0n) is 18.9. The monoisotopic (exact) mass is 495 g/mol. The first-order valence-corrected chi connectivity index (χ1v) is 12.2. The van der Waals surface area contributed by atoms with E-state index in [9.17, 15) is 9.18 Å². The normalized spacial score (nSPS) is 11.1. The molecule has 4 rings (SSSR count). The number of thiophene rings is 1. The number of anilines is 1. The lowest BCUT2D eigenvalue weighted by Crippen LogP contribution is -2.32. The lowest BCUT2D eigenvalue weighted by atomic mass is 10.1. The van der Waals surface area contributed by atoms with Crippen LogP contribution in [0.25, 0.3) is 0 Å². The molecule has 2 heterocycles. The number of amides is 1. The Hall–Kier alpha value is -3.14. The van der Waals surface area contributed by atoms with Gasteiger partial charge in [0.05, 0.1) is 13.2 Å². The van der Waals surface area contributed by atoms with Crippen molar-refractivity contribution in [2.24, 2.45) is 0 Å². The van der Waals surface area contributed by atoms with Crippen molar-refractivity contribution >= 4 is 35.1 Å². The molecule has 0 saturated carbocycles. The molecule has 0 aliphatic rings. The fraction of sp³-hybridized carbons (Fsp3) is 0.240. The molecule has 0 saturated heterocycles. The molecule has 6 nitrogen and oxygen atoms in total. The van der Waals surface area contributed by atoms with Crippen LogP contribution in [0.15, 0.2) is 72.1 Å². The van der Waals surface area contributed by atoms with Crippen LogP contribution in [0.1, 0.15) is 16.3 Å². The van der Waals surface area contributed by atoms with Crippen molar-refractivity contribution in [2.75, 3.05) is 18.9 Å². The van der Waals surface area contributed by atoms with Gasteiger partial charge in [0, 0.05) is 23.5 Å². The van der Waals surface area contributed by atoms with Crippen molar-refractivity contribution in [3.05, 3.63) is 99.0 Å². The van der Waals surface area contributed by atoms with Gasteiger partial charge in [-0.15, -0.1) is 11.3 Å². The SMILES string of the molecule is CN(CC(=O)Nc1ccc(F)cc1)Cn1nc(Cc2cccs2)n(CCc2ccccc2)c1=S. The van der Waals surface area contributed by atoms with Gasteiger partial charge >= 0.3 is 0 Å². The van der Waals surface area contributed by atoms with Crippen molar-refractivity contribution in [3.63, 3.8) is 0 Å². The van der Waals surface area contributed by atoms with E-state index in [1.165, 1.54) is 34.7 Å². The van der Waals surface area contributed by atoms with Gasteiger partial charge in [-0.3, -0.25) is 9.69 Å². The third kappa shape index (κ3) is 6.47. The Morgan fingerprint density at radius 2 is 1.88 bits per heavy atom. The Kier molecular flexibility index (Phi) is 7.99. The van der Waals surface area contributed by atoms with Gasteiger partial charge in [-0.25, -0.2) is 9.07 Å². The number of benzene rings is 2. The number of aryl methyl sites for hydroxylation is 1. The molecule has 2 aromatic carbocycles. The fourth-order valence-electron chi connectivity index (χ4n) is 3.65. The Morgan fingerprint density at radius 1 is 1.12 bits per heavy atom. The average molecular weight is 496 g/mol. The number of nitrogens with one attached hydrogen (secondary N) is 1. The molecule has 0 radical (unpaired) electrons. The highest BCUT2D eigenvalue weighted by Gasteiger charge is 2.15. The molecule has 176 valence electrons. The van der Waals surface area contributed by atoms with Crippen LogP contribution in [-0.2, 0) is 30.8 Å². The number of hydrogen-bond acceptors (Lipinski definition) is 5. The first-order valence-electron chi connectivity index (χ1n) is 10.9. The van der Waals surface area contributed by atoms with Crippen LogP contribution >= 0.6 is 23.6 Å². The minimum Gasteiger partial charge on any atom is -0.325 e. The molecule has 0 spiro atoms. The van der Waals surface area contributed by atoms with Crippen LogP contribution in [0.5, 0.6) is 0 Å². The van der Waals surface area contributed by atoms with E-state index >= 15 is 0 Å². The van der Waals surface area contributed by atoms with E-state index in [0.29, 0.717) is 23.5 Å². The molecule has 1 N–H and O–H groups in total. The molecule has 9 heteroatoms. The number of aromatic nitrogens is 3. The van der Waals surface area contributed by atoms with Gasteiger partial charge in [-0.1, -0.05) is 36.4 Å². The van der Waals surface area contributed by atoms with E-state index in [-0.39, 0.29) is 18.3 Å². The van der Waals surface area contributed by atoms with Gasteiger partial charge in [0.2, 0.25) is 5.91 Å². The molecule has 0 fully saturated rings. The molecule has 0 atom stereocenters. The number of nitrogens with zero attached hydrogens (tertiary/aromatic N) is 4. The highest BCUT2D eigenvalue weighted by Crippen LogP contribution is 2.16. The van der Waals surface area contributed by atoms with E-state index in [4.69, 9.17) is 17.3 Å². The summed E-state index contributed by atoms with van der Waals surface area (Å²) in [6.45, 7) is 1.26. The van der Waals surface area contributed by atoms with Crippen LogP contribution in [0.4, 0.5) is 10.1 Å². The lowest BCUT2D eigenvalue weighted by Gasteiger charge is -2.16.